The summed E-state index contributed by atoms with van der Waals surface area (Å²) in [5.41, 5.74) is 2.34. The van der Waals surface area contributed by atoms with E-state index in [4.69, 9.17) is 16.6 Å². The molecule has 0 unspecified atom stereocenters. The summed E-state index contributed by atoms with van der Waals surface area (Å²) in [6, 6.07) is 9.78. The molecule has 0 radical (unpaired) electrons. The van der Waals surface area contributed by atoms with E-state index in [1.54, 1.807) is 0 Å². The van der Waals surface area contributed by atoms with Gasteiger partial charge in [0.05, 0.1) is 21.6 Å². The Hall–Kier alpha value is -2.40. The molecule has 1 aliphatic heterocycles. The number of carbonyl (C=O) groups is 1. The summed E-state index contributed by atoms with van der Waals surface area (Å²) in [6.07, 6.45) is 4.50. The van der Waals surface area contributed by atoms with Crippen molar-refractivity contribution >= 4 is 34.2 Å². The van der Waals surface area contributed by atoms with Gasteiger partial charge in [0.25, 0.3) is 5.91 Å². The van der Waals surface area contributed by atoms with E-state index >= 15 is 0 Å². The van der Waals surface area contributed by atoms with Crippen LogP contribution in [0.25, 0.3) is 11.0 Å². The number of amides is 1. The molecule has 2 heterocycles. The van der Waals surface area contributed by atoms with E-state index in [1.807, 2.05) is 18.2 Å². The molecule has 0 bridgehead atoms. The van der Waals surface area contributed by atoms with Gasteiger partial charge in [-0.2, -0.15) is 0 Å². The number of hydrogen-bond donors (Lipinski definition) is 1. The predicted octanol–water partition coefficient (Wildman–Crippen LogP) is 4.81. The fourth-order valence-electron chi connectivity index (χ4n) is 3.34. The Bertz CT molecular complexity index is 946. The molecule has 6 heteroatoms. The van der Waals surface area contributed by atoms with E-state index in [0.29, 0.717) is 5.69 Å². The number of carbonyl (C=O) groups excluding carboxylic acids is 1. The van der Waals surface area contributed by atoms with Crippen LogP contribution in [0.5, 0.6) is 0 Å². The Labute approximate surface area is 149 Å². The summed E-state index contributed by atoms with van der Waals surface area (Å²) in [5, 5.41) is 2.80. The number of rotatable bonds is 2. The first-order valence-electron chi connectivity index (χ1n) is 8.38. The number of aryl methyl sites for hydroxylation is 2. The van der Waals surface area contributed by atoms with Crippen LogP contribution in [0.2, 0.25) is 5.02 Å². The molecular formula is C19H17ClFN3O. The van der Waals surface area contributed by atoms with Gasteiger partial charge in [-0.3, -0.25) is 4.79 Å². The SMILES string of the molecule is O=C(Nc1ccc2c(c1)nc1n2CCCCC1)c1c(F)cccc1Cl. The number of fused-ring (bicyclic) bond motifs is 3. The average Bonchev–Trinajstić information content (AvgIpc) is 2.75. The quantitative estimate of drug-likeness (QED) is 0.715. The van der Waals surface area contributed by atoms with Gasteiger partial charge in [0.1, 0.15) is 11.6 Å². The molecule has 1 amide bonds. The molecule has 0 fully saturated rings. The number of nitrogens with zero attached hydrogens (tertiary/aromatic N) is 2. The first-order chi connectivity index (χ1) is 12.1. The van der Waals surface area contributed by atoms with Crippen LogP contribution in [0.1, 0.15) is 35.4 Å². The molecule has 0 saturated heterocycles. The van der Waals surface area contributed by atoms with E-state index in [0.717, 1.165) is 42.7 Å². The minimum atomic E-state index is -0.639. The summed E-state index contributed by atoms with van der Waals surface area (Å²) in [4.78, 5) is 17.1. The summed E-state index contributed by atoms with van der Waals surface area (Å²) < 4.78 is 16.1. The van der Waals surface area contributed by atoms with Gasteiger partial charge in [-0.05, 0) is 43.2 Å². The topological polar surface area (TPSA) is 46.9 Å². The standard InChI is InChI=1S/C19H17ClFN3O/c20-13-5-4-6-14(21)18(13)19(25)22-12-8-9-16-15(11-12)23-17-7-2-1-3-10-24(16)17/h4-6,8-9,11H,1-3,7,10H2,(H,22,25). The van der Waals surface area contributed by atoms with Gasteiger partial charge in [0, 0.05) is 18.7 Å². The van der Waals surface area contributed by atoms with Crippen molar-refractivity contribution in [1.29, 1.82) is 0 Å². The zero-order valence-electron chi connectivity index (χ0n) is 13.6. The van der Waals surface area contributed by atoms with Crippen LogP contribution in [-0.4, -0.2) is 15.5 Å². The largest absolute Gasteiger partial charge is 0.328 e. The van der Waals surface area contributed by atoms with Gasteiger partial charge < -0.3 is 9.88 Å². The van der Waals surface area contributed by atoms with Crippen LogP contribution < -0.4 is 5.32 Å². The van der Waals surface area contributed by atoms with Crippen molar-refractivity contribution < 1.29 is 9.18 Å². The molecule has 1 aliphatic rings. The third kappa shape index (κ3) is 3.00. The lowest BCUT2D eigenvalue weighted by Crippen LogP contribution is -2.14. The molecule has 0 saturated carbocycles. The molecule has 2 aromatic carbocycles. The summed E-state index contributed by atoms with van der Waals surface area (Å²) >= 11 is 5.95. The summed E-state index contributed by atoms with van der Waals surface area (Å²) in [7, 11) is 0. The van der Waals surface area contributed by atoms with Crippen molar-refractivity contribution in [2.45, 2.75) is 32.2 Å². The summed E-state index contributed by atoms with van der Waals surface area (Å²) in [6.45, 7) is 0.975. The van der Waals surface area contributed by atoms with Gasteiger partial charge in [-0.15, -0.1) is 0 Å². The summed E-state index contributed by atoms with van der Waals surface area (Å²) in [5.74, 6) is -0.115. The zero-order valence-corrected chi connectivity index (χ0v) is 14.3. The number of benzene rings is 2. The van der Waals surface area contributed by atoms with Crippen LogP contribution in [0.4, 0.5) is 10.1 Å². The number of imidazole rings is 1. The second kappa shape index (κ2) is 6.48. The van der Waals surface area contributed by atoms with Gasteiger partial charge in [-0.1, -0.05) is 24.1 Å². The highest BCUT2D eigenvalue weighted by Crippen LogP contribution is 2.26. The van der Waals surface area contributed by atoms with E-state index in [2.05, 4.69) is 9.88 Å². The molecule has 1 N–H and O–H groups in total. The lowest BCUT2D eigenvalue weighted by atomic mass is 10.2. The molecule has 4 nitrogen and oxygen atoms in total. The maximum absolute atomic E-state index is 13.9. The molecule has 128 valence electrons. The molecule has 25 heavy (non-hydrogen) atoms. The molecule has 3 aromatic rings. The van der Waals surface area contributed by atoms with E-state index < -0.39 is 11.7 Å². The van der Waals surface area contributed by atoms with Crippen LogP contribution in [-0.2, 0) is 13.0 Å². The predicted molar refractivity (Wildman–Crippen MR) is 96.7 cm³/mol. The fourth-order valence-corrected chi connectivity index (χ4v) is 3.58. The molecule has 0 aliphatic carbocycles. The zero-order chi connectivity index (χ0) is 17.4. The highest BCUT2D eigenvalue weighted by molar-refractivity contribution is 6.34. The lowest BCUT2D eigenvalue weighted by molar-refractivity contribution is 0.102. The Kier molecular flexibility index (Phi) is 4.17. The molecular weight excluding hydrogens is 341 g/mol. The highest BCUT2D eigenvalue weighted by Gasteiger charge is 2.17. The minimum Gasteiger partial charge on any atom is -0.328 e. The highest BCUT2D eigenvalue weighted by atomic mass is 35.5. The number of anilines is 1. The fraction of sp³-hybridized carbons (Fsp3) is 0.263. The minimum absolute atomic E-state index is 0.0901. The van der Waals surface area contributed by atoms with Crippen molar-refractivity contribution in [2.24, 2.45) is 0 Å². The van der Waals surface area contributed by atoms with Gasteiger partial charge in [0.15, 0.2) is 0 Å². The van der Waals surface area contributed by atoms with Gasteiger partial charge in [0.2, 0.25) is 0 Å². The first-order valence-corrected chi connectivity index (χ1v) is 8.76. The van der Waals surface area contributed by atoms with Gasteiger partial charge >= 0.3 is 0 Å². The molecule has 1 aromatic heterocycles. The monoisotopic (exact) mass is 357 g/mol. The molecule has 0 spiro atoms. The lowest BCUT2D eigenvalue weighted by Gasteiger charge is -2.08. The normalized spacial score (nSPS) is 14.2. The van der Waals surface area contributed by atoms with E-state index in [9.17, 15) is 9.18 Å². The van der Waals surface area contributed by atoms with Crippen molar-refractivity contribution in [1.82, 2.24) is 9.55 Å². The smallest absolute Gasteiger partial charge is 0.260 e. The number of aromatic nitrogens is 2. The Morgan fingerprint density at radius 1 is 1.20 bits per heavy atom. The second-order valence-corrected chi connectivity index (χ2v) is 6.65. The van der Waals surface area contributed by atoms with Crippen LogP contribution in [0.3, 0.4) is 0 Å². The molecule has 0 atom stereocenters. The Morgan fingerprint density at radius 2 is 2.08 bits per heavy atom. The molecule has 4 rings (SSSR count). The van der Waals surface area contributed by atoms with Crippen molar-refractivity contribution in [3.8, 4) is 0 Å². The van der Waals surface area contributed by atoms with Crippen molar-refractivity contribution in [2.75, 3.05) is 5.32 Å². The van der Waals surface area contributed by atoms with Crippen LogP contribution >= 0.6 is 11.6 Å². The third-order valence-corrected chi connectivity index (χ3v) is 4.87. The Morgan fingerprint density at radius 3 is 2.92 bits per heavy atom. The first kappa shape index (κ1) is 16.1. The third-order valence-electron chi connectivity index (χ3n) is 4.56. The maximum atomic E-state index is 13.9. The average molecular weight is 358 g/mol. The van der Waals surface area contributed by atoms with Crippen LogP contribution in [0, 0.1) is 5.82 Å². The second-order valence-electron chi connectivity index (χ2n) is 6.24. The van der Waals surface area contributed by atoms with Crippen molar-refractivity contribution in [3.63, 3.8) is 0 Å². The van der Waals surface area contributed by atoms with E-state index in [1.165, 1.54) is 24.6 Å². The number of halogens is 2. The van der Waals surface area contributed by atoms with Crippen LogP contribution in [0.15, 0.2) is 36.4 Å². The van der Waals surface area contributed by atoms with Crippen molar-refractivity contribution in [3.05, 3.63) is 58.6 Å². The number of hydrogen-bond acceptors (Lipinski definition) is 2. The Balaban J connectivity index is 1.65. The van der Waals surface area contributed by atoms with E-state index in [-0.39, 0.29) is 10.6 Å². The van der Waals surface area contributed by atoms with Gasteiger partial charge in [-0.25, -0.2) is 9.37 Å². The maximum Gasteiger partial charge on any atom is 0.260 e. The number of nitrogens with one attached hydrogen (secondary N) is 1.